The Kier molecular flexibility index (Phi) is 4.70. The molecule has 2 aromatic heterocycles. The molecule has 0 spiro atoms. The minimum absolute atomic E-state index is 0.0515. The van der Waals surface area contributed by atoms with Gasteiger partial charge >= 0.3 is 0 Å². The van der Waals surface area contributed by atoms with Crippen molar-refractivity contribution in [3.05, 3.63) is 65.6 Å². The van der Waals surface area contributed by atoms with Crippen molar-refractivity contribution in [2.75, 3.05) is 6.54 Å². The van der Waals surface area contributed by atoms with Gasteiger partial charge in [0.1, 0.15) is 18.2 Å². The molecule has 0 aliphatic heterocycles. The van der Waals surface area contributed by atoms with Gasteiger partial charge in [0.25, 0.3) is 0 Å². The Balaban J connectivity index is 1.46. The molecule has 0 amide bonds. The van der Waals surface area contributed by atoms with Crippen molar-refractivity contribution in [2.45, 2.75) is 31.8 Å². The summed E-state index contributed by atoms with van der Waals surface area (Å²) in [6.07, 6.45) is 2.55. The molecule has 2 atom stereocenters. The lowest BCUT2D eigenvalue weighted by Crippen LogP contribution is -2.39. The third-order valence-electron chi connectivity index (χ3n) is 4.59. The second kappa shape index (κ2) is 7.30. The molecule has 0 bridgehead atoms. The van der Waals surface area contributed by atoms with Crippen molar-refractivity contribution in [1.82, 2.24) is 25.2 Å². The first-order chi connectivity index (χ1) is 13.2. The van der Waals surface area contributed by atoms with Crippen LogP contribution in [0.2, 0.25) is 0 Å². The van der Waals surface area contributed by atoms with E-state index in [0.717, 1.165) is 11.5 Å². The van der Waals surface area contributed by atoms with Crippen LogP contribution in [0.5, 0.6) is 0 Å². The Bertz CT molecular complexity index is 963. The molecular weight excluding hydrogens is 350 g/mol. The van der Waals surface area contributed by atoms with Crippen molar-refractivity contribution in [1.29, 1.82) is 0 Å². The molecule has 0 saturated heterocycles. The molecule has 0 radical (unpaired) electrons. The molecule has 4 rings (SSSR count). The first-order valence-electron chi connectivity index (χ1n) is 8.94. The standard InChI is InChI=1S/C19H20F2N6/c1-2-22-19(23-11-17-26-25-16-8-3-4-9-27(16)17)24-15-10-12(15)18-13(20)6-5-7-14(18)21/h3-9,12,15H,2,10-11H2,1H3,(H2,22,23,24). The Morgan fingerprint density at radius 3 is 2.78 bits per heavy atom. The van der Waals surface area contributed by atoms with Crippen molar-refractivity contribution in [3.8, 4) is 0 Å². The van der Waals surface area contributed by atoms with E-state index >= 15 is 0 Å². The number of benzene rings is 1. The summed E-state index contributed by atoms with van der Waals surface area (Å²) in [5.41, 5.74) is 0.909. The number of guanidine groups is 1. The molecular formula is C19H20F2N6. The van der Waals surface area contributed by atoms with Crippen LogP contribution in [0.4, 0.5) is 8.78 Å². The number of rotatable bonds is 5. The van der Waals surface area contributed by atoms with E-state index in [4.69, 9.17) is 0 Å². The monoisotopic (exact) mass is 370 g/mol. The lowest BCUT2D eigenvalue weighted by atomic mass is 10.1. The highest BCUT2D eigenvalue weighted by Gasteiger charge is 2.42. The Hall–Kier alpha value is -3.03. The Morgan fingerprint density at radius 1 is 1.19 bits per heavy atom. The van der Waals surface area contributed by atoms with Gasteiger partial charge in [-0.05, 0) is 37.6 Å². The topological polar surface area (TPSA) is 66.6 Å². The minimum Gasteiger partial charge on any atom is -0.357 e. The molecule has 1 aliphatic carbocycles. The van der Waals surface area contributed by atoms with Crippen LogP contribution in [-0.2, 0) is 6.54 Å². The maximum absolute atomic E-state index is 14.0. The van der Waals surface area contributed by atoms with Crippen molar-refractivity contribution in [2.24, 2.45) is 4.99 Å². The first kappa shape index (κ1) is 17.4. The van der Waals surface area contributed by atoms with Gasteiger partial charge in [0.05, 0.1) is 0 Å². The molecule has 3 aromatic rings. The summed E-state index contributed by atoms with van der Waals surface area (Å²) in [5.74, 6) is 0.121. The van der Waals surface area contributed by atoms with Gasteiger partial charge in [-0.3, -0.25) is 4.40 Å². The molecule has 1 fully saturated rings. The number of aromatic nitrogens is 3. The highest BCUT2D eigenvalue weighted by atomic mass is 19.1. The predicted molar refractivity (Wildman–Crippen MR) is 98.4 cm³/mol. The number of fused-ring (bicyclic) bond motifs is 1. The number of halogens is 2. The molecule has 27 heavy (non-hydrogen) atoms. The zero-order valence-electron chi connectivity index (χ0n) is 14.9. The highest BCUT2D eigenvalue weighted by molar-refractivity contribution is 5.80. The molecule has 1 aliphatic rings. The SMILES string of the molecule is CCNC(=NCc1nnc2ccccn12)NC1CC1c1c(F)cccc1F. The lowest BCUT2D eigenvalue weighted by molar-refractivity contribution is 0.553. The van der Waals surface area contributed by atoms with Gasteiger partial charge in [-0.2, -0.15) is 0 Å². The number of pyridine rings is 1. The first-order valence-corrected chi connectivity index (χ1v) is 8.94. The molecule has 8 heteroatoms. The van der Waals surface area contributed by atoms with E-state index in [1.165, 1.54) is 18.2 Å². The maximum atomic E-state index is 14.0. The van der Waals surface area contributed by atoms with E-state index < -0.39 is 11.6 Å². The number of aliphatic imine (C=N–C) groups is 1. The molecule has 1 aromatic carbocycles. The van der Waals surface area contributed by atoms with Gasteiger partial charge in [0.15, 0.2) is 17.4 Å². The summed E-state index contributed by atoms with van der Waals surface area (Å²) < 4.78 is 29.8. The molecule has 2 unspecified atom stereocenters. The van der Waals surface area contributed by atoms with E-state index in [2.05, 4.69) is 25.8 Å². The average molecular weight is 370 g/mol. The van der Waals surface area contributed by atoms with E-state index in [-0.39, 0.29) is 17.5 Å². The van der Waals surface area contributed by atoms with Crippen LogP contribution >= 0.6 is 0 Å². The molecule has 6 nitrogen and oxygen atoms in total. The summed E-state index contributed by atoms with van der Waals surface area (Å²) in [5, 5.41) is 14.7. The third-order valence-corrected chi connectivity index (χ3v) is 4.59. The fourth-order valence-electron chi connectivity index (χ4n) is 3.18. The molecule has 2 heterocycles. The van der Waals surface area contributed by atoms with Crippen LogP contribution in [0.3, 0.4) is 0 Å². The molecule has 1 saturated carbocycles. The van der Waals surface area contributed by atoms with Crippen LogP contribution in [-0.4, -0.2) is 33.1 Å². The van der Waals surface area contributed by atoms with E-state index in [9.17, 15) is 8.78 Å². The highest BCUT2D eigenvalue weighted by Crippen LogP contribution is 2.43. The van der Waals surface area contributed by atoms with E-state index in [1.54, 1.807) is 0 Å². The van der Waals surface area contributed by atoms with Gasteiger partial charge in [-0.25, -0.2) is 13.8 Å². The summed E-state index contributed by atoms with van der Waals surface area (Å²) >= 11 is 0. The van der Waals surface area contributed by atoms with Crippen molar-refractivity contribution < 1.29 is 8.78 Å². The quantitative estimate of drug-likeness (QED) is 0.535. The minimum atomic E-state index is -0.499. The van der Waals surface area contributed by atoms with Crippen LogP contribution < -0.4 is 10.6 Å². The number of hydrogen-bond donors (Lipinski definition) is 2. The normalized spacial score (nSPS) is 19.3. The third kappa shape index (κ3) is 3.60. The van der Waals surface area contributed by atoms with Crippen LogP contribution in [0.1, 0.15) is 30.7 Å². The molecule has 140 valence electrons. The van der Waals surface area contributed by atoms with E-state index in [1.807, 2.05) is 35.7 Å². The predicted octanol–water partition coefficient (Wildman–Crippen LogP) is 2.62. The zero-order chi connectivity index (χ0) is 18.8. The number of hydrogen-bond acceptors (Lipinski definition) is 3. The van der Waals surface area contributed by atoms with Crippen molar-refractivity contribution in [3.63, 3.8) is 0 Å². The Labute approximate surface area is 155 Å². The fraction of sp³-hybridized carbons (Fsp3) is 0.316. The smallest absolute Gasteiger partial charge is 0.191 e. The second-order valence-corrected chi connectivity index (χ2v) is 6.47. The molecule has 2 N–H and O–H groups in total. The van der Waals surface area contributed by atoms with E-state index in [0.29, 0.717) is 25.5 Å². The van der Waals surface area contributed by atoms with Gasteiger partial charge in [0.2, 0.25) is 0 Å². The zero-order valence-corrected chi connectivity index (χ0v) is 14.9. The lowest BCUT2D eigenvalue weighted by Gasteiger charge is -2.11. The summed E-state index contributed by atoms with van der Waals surface area (Å²) in [6.45, 7) is 2.98. The maximum Gasteiger partial charge on any atom is 0.191 e. The Morgan fingerprint density at radius 2 is 2.00 bits per heavy atom. The average Bonchev–Trinajstić information content (AvgIpc) is 3.27. The van der Waals surface area contributed by atoms with Crippen LogP contribution in [0.15, 0.2) is 47.6 Å². The summed E-state index contributed by atoms with van der Waals surface area (Å²) in [6, 6.07) is 9.61. The van der Waals surface area contributed by atoms with Gasteiger partial charge in [0, 0.05) is 30.3 Å². The van der Waals surface area contributed by atoms with Gasteiger partial charge in [-0.1, -0.05) is 12.1 Å². The summed E-state index contributed by atoms with van der Waals surface area (Å²) in [4.78, 5) is 4.54. The second-order valence-electron chi connectivity index (χ2n) is 6.47. The summed E-state index contributed by atoms with van der Waals surface area (Å²) in [7, 11) is 0. The number of nitrogens with one attached hydrogen (secondary N) is 2. The van der Waals surface area contributed by atoms with Gasteiger partial charge in [-0.15, -0.1) is 10.2 Å². The fourth-order valence-corrected chi connectivity index (χ4v) is 3.18. The number of nitrogens with zero attached hydrogens (tertiary/aromatic N) is 4. The van der Waals surface area contributed by atoms with Crippen molar-refractivity contribution >= 4 is 11.6 Å². The van der Waals surface area contributed by atoms with Gasteiger partial charge < -0.3 is 10.6 Å². The van der Waals surface area contributed by atoms with Crippen LogP contribution in [0, 0.1) is 11.6 Å². The largest absolute Gasteiger partial charge is 0.357 e. The van der Waals surface area contributed by atoms with Crippen LogP contribution in [0.25, 0.3) is 5.65 Å².